The van der Waals surface area contributed by atoms with Crippen molar-refractivity contribution < 1.29 is 9.53 Å². The standard InChI is InChI=1S/C27H22ClN3O2S/c1-16-9-11-18(12-10-16)25-30-26-22(13-19-6-3-5-17(2)24(19)33-26)27(31-25)34-15-23(32)29-21-8-4-7-20(28)14-21/h3-12,14H,13,15H2,1-2H3,(H,29,32). The maximum atomic E-state index is 12.7. The summed E-state index contributed by atoms with van der Waals surface area (Å²) in [6.07, 6.45) is 0.652. The van der Waals surface area contributed by atoms with Crippen molar-refractivity contribution in [2.45, 2.75) is 25.3 Å². The molecule has 170 valence electrons. The Hall–Kier alpha value is -3.35. The number of carbonyl (C=O) groups is 1. The van der Waals surface area contributed by atoms with Gasteiger partial charge >= 0.3 is 0 Å². The molecule has 1 aromatic heterocycles. The van der Waals surface area contributed by atoms with Crippen LogP contribution in [0.1, 0.15) is 22.3 Å². The normalized spacial score (nSPS) is 11.9. The molecular formula is C27H22ClN3O2S. The molecule has 1 aliphatic rings. The SMILES string of the molecule is Cc1ccc(-c2nc3c(c(SCC(=O)Nc4cccc(Cl)c4)n2)Cc2cccc(C)c2O3)cc1. The van der Waals surface area contributed by atoms with Gasteiger partial charge in [0.25, 0.3) is 0 Å². The molecule has 0 fully saturated rings. The molecule has 1 aliphatic heterocycles. The number of fused-ring (bicyclic) bond motifs is 2. The predicted molar refractivity (Wildman–Crippen MR) is 137 cm³/mol. The quantitative estimate of drug-likeness (QED) is 0.217. The molecule has 3 aromatic carbocycles. The summed E-state index contributed by atoms with van der Waals surface area (Å²) in [5.41, 5.74) is 5.77. The number of aromatic nitrogens is 2. The summed E-state index contributed by atoms with van der Waals surface area (Å²) in [6, 6.07) is 21.3. The van der Waals surface area contributed by atoms with Gasteiger partial charge in [-0.05, 0) is 43.2 Å². The Labute approximate surface area is 207 Å². The zero-order valence-corrected chi connectivity index (χ0v) is 20.3. The van der Waals surface area contributed by atoms with E-state index in [2.05, 4.69) is 11.4 Å². The van der Waals surface area contributed by atoms with E-state index in [1.165, 1.54) is 11.8 Å². The second-order valence-corrected chi connectivity index (χ2v) is 9.59. The molecule has 4 aromatic rings. The van der Waals surface area contributed by atoms with E-state index < -0.39 is 0 Å². The van der Waals surface area contributed by atoms with Crippen LogP contribution in [0.2, 0.25) is 5.02 Å². The number of nitrogens with zero attached hydrogens (tertiary/aromatic N) is 2. The Morgan fingerprint density at radius 2 is 1.85 bits per heavy atom. The highest BCUT2D eigenvalue weighted by molar-refractivity contribution is 8.00. The minimum atomic E-state index is -0.135. The Bertz CT molecular complexity index is 1390. The van der Waals surface area contributed by atoms with Crippen LogP contribution in [0.15, 0.2) is 71.8 Å². The lowest BCUT2D eigenvalue weighted by Gasteiger charge is -2.23. The molecule has 0 atom stereocenters. The Balaban J connectivity index is 1.46. The van der Waals surface area contributed by atoms with E-state index in [9.17, 15) is 4.79 Å². The molecule has 1 N–H and O–H groups in total. The number of aryl methyl sites for hydroxylation is 2. The summed E-state index contributed by atoms with van der Waals surface area (Å²) < 4.78 is 6.27. The van der Waals surface area contributed by atoms with E-state index >= 15 is 0 Å². The van der Waals surface area contributed by atoms with Crippen molar-refractivity contribution in [3.8, 4) is 23.0 Å². The third kappa shape index (κ3) is 4.79. The zero-order chi connectivity index (χ0) is 23.7. The van der Waals surface area contributed by atoms with Crippen molar-refractivity contribution in [3.63, 3.8) is 0 Å². The first kappa shape index (κ1) is 22.4. The molecule has 0 bridgehead atoms. The molecule has 5 nitrogen and oxygen atoms in total. The zero-order valence-electron chi connectivity index (χ0n) is 18.8. The summed E-state index contributed by atoms with van der Waals surface area (Å²) in [5, 5.41) is 4.21. The molecule has 0 saturated heterocycles. The van der Waals surface area contributed by atoms with Gasteiger partial charge in [-0.15, -0.1) is 0 Å². The number of halogens is 1. The Morgan fingerprint density at radius 1 is 1.06 bits per heavy atom. The van der Waals surface area contributed by atoms with E-state index in [4.69, 9.17) is 26.3 Å². The number of para-hydroxylation sites is 1. The number of hydrogen-bond donors (Lipinski definition) is 1. The van der Waals surface area contributed by atoms with Gasteiger partial charge < -0.3 is 10.1 Å². The summed E-state index contributed by atoms with van der Waals surface area (Å²) in [4.78, 5) is 22.3. The van der Waals surface area contributed by atoms with E-state index in [0.29, 0.717) is 28.8 Å². The topological polar surface area (TPSA) is 64.1 Å². The molecule has 2 heterocycles. The Morgan fingerprint density at radius 3 is 2.65 bits per heavy atom. The van der Waals surface area contributed by atoms with Gasteiger partial charge in [-0.1, -0.05) is 77.5 Å². The highest BCUT2D eigenvalue weighted by Crippen LogP contribution is 2.41. The van der Waals surface area contributed by atoms with Crippen LogP contribution >= 0.6 is 23.4 Å². The van der Waals surface area contributed by atoms with Crippen LogP contribution in [-0.4, -0.2) is 21.6 Å². The molecule has 0 unspecified atom stereocenters. The third-order valence-electron chi connectivity index (χ3n) is 5.55. The lowest BCUT2D eigenvalue weighted by Crippen LogP contribution is -2.15. The number of hydrogen-bond acceptors (Lipinski definition) is 5. The maximum absolute atomic E-state index is 12.7. The lowest BCUT2D eigenvalue weighted by atomic mass is 10.0. The second kappa shape index (κ2) is 9.49. The van der Waals surface area contributed by atoms with E-state index in [1.807, 2.05) is 56.3 Å². The fourth-order valence-corrected chi connectivity index (χ4v) is 4.83. The minimum absolute atomic E-state index is 0.135. The molecule has 0 aliphatic carbocycles. The highest BCUT2D eigenvalue weighted by atomic mass is 35.5. The van der Waals surface area contributed by atoms with Gasteiger partial charge in [0, 0.05) is 22.7 Å². The molecule has 0 radical (unpaired) electrons. The first-order chi connectivity index (χ1) is 16.5. The van der Waals surface area contributed by atoms with E-state index in [1.54, 1.807) is 18.2 Å². The first-order valence-electron chi connectivity index (χ1n) is 10.9. The number of thioether (sulfide) groups is 1. The van der Waals surface area contributed by atoms with Crippen molar-refractivity contribution in [2.75, 3.05) is 11.1 Å². The van der Waals surface area contributed by atoms with Gasteiger partial charge in [-0.2, -0.15) is 4.98 Å². The molecule has 0 spiro atoms. The van der Waals surface area contributed by atoms with Crippen LogP contribution in [0.25, 0.3) is 11.4 Å². The van der Waals surface area contributed by atoms with Crippen molar-refractivity contribution >= 4 is 35.0 Å². The average Bonchev–Trinajstić information content (AvgIpc) is 2.82. The first-order valence-corrected chi connectivity index (χ1v) is 12.2. The molecule has 1 amide bonds. The van der Waals surface area contributed by atoms with Gasteiger partial charge in [0.1, 0.15) is 10.8 Å². The number of rotatable bonds is 5. The molecule has 0 saturated carbocycles. The summed E-state index contributed by atoms with van der Waals surface area (Å²) in [5.74, 6) is 2.03. The summed E-state index contributed by atoms with van der Waals surface area (Å²) >= 11 is 7.41. The van der Waals surface area contributed by atoms with Crippen molar-refractivity contribution in [1.29, 1.82) is 0 Å². The second-order valence-electron chi connectivity index (χ2n) is 8.19. The average molecular weight is 488 g/mol. The fourth-order valence-electron chi connectivity index (χ4n) is 3.81. The molecule has 34 heavy (non-hydrogen) atoms. The lowest BCUT2D eigenvalue weighted by molar-refractivity contribution is -0.113. The Kier molecular flexibility index (Phi) is 6.26. The van der Waals surface area contributed by atoms with Crippen LogP contribution in [0, 0.1) is 13.8 Å². The van der Waals surface area contributed by atoms with Crippen LogP contribution < -0.4 is 10.1 Å². The number of carbonyl (C=O) groups excluding carboxylic acids is 1. The minimum Gasteiger partial charge on any atom is -0.438 e. The summed E-state index contributed by atoms with van der Waals surface area (Å²) in [7, 11) is 0. The number of anilines is 1. The van der Waals surface area contributed by atoms with Crippen molar-refractivity contribution in [1.82, 2.24) is 9.97 Å². The van der Waals surface area contributed by atoms with Gasteiger partial charge in [0.2, 0.25) is 11.8 Å². The monoisotopic (exact) mass is 487 g/mol. The molecule has 5 rings (SSSR count). The maximum Gasteiger partial charge on any atom is 0.234 e. The van der Waals surface area contributed by atoms with Crippen LogP contribution in [0.3, 0.4) is 0 Å². The fraction of sp³-hybridized carbons (Fsp3) is 0.148. The summed E-state index contributed by atoms with van der Waals surface area (Å²) in [6.45, 7) is 4.07. The number of ether oxygens (including phenoxy) is 1. The number of amides is 1. The van der Waals surface area contributed by atoms with Crippen LogP contribution in [0.5, 0.6) is 11.6 Å². The largest absolute Gasteiger partial charge is 0.438 e. The smallest absolute Gasteiger partial charge is 0.234 e. The highest BCUT2D eigenvalue weighted by Gasteiger charge is 2.25. The molecule has 7 heteroatoms. The van der Waals surface area contributed by atoms with E-state index in [0.717, 1.165) is 38.6 Å². The third-order valence-corrected chi connectivity index (χ3v) is 6.80. The van der Waals surface area contributed by atoms with Crippen LogP contribution in [-0.2, 0) is 11.2 Å². The molecular weight excluding hydrogens is 466 g/mol. The number of benzene rings is 3. The van der Waals surface area contributed by atoms with Crippen molar-refractivity contribution in [2.24, 2.45) is 0 Å². The predicted octanol–water partition coefficient (Wildman–Crippen LogP) is 6.84. The van der Waals surface area contributed by atoms with Gasteiger partial charge in [0.05, 0.1) is 11.3 Å². The van der Waals surface area contributed by atoms with Gasteiger partial charge in [-0.25, -0.2) is 4.98 Å². The number of nitrogens with one attached hydrogen (secondary N) is 1. The van der Waals surface area contributed by atoms with Crippen molar-refractivity contribution in [3.05, 3.63) is 94.0 Å². The van der Waals surface area contributed by atoms with E-state index in [-0.39, 0.29) is 11.7 Å². The van der Waals surface area contributed by atoms with Gasteiger partial charge in [-0.3, -0.25) is 4.79 Å². The van der Waals surface area contributed by atoms with Gasteiger partial charge in [0.15, 0.2) is 5.82 Å². The van der Waals surface area contributed by atoms with Crippen LogP contribution in [0.4, 0.5) is 5.69 Å².